The van der Waals surface area contributed by atoms with Crippen LogP contribution in [0.3, 0.4) is 0 Å². The molecule has 0 aromatic heterocycles. The molecule has 0 amide bonds. The maximum atomic E-state index is 13.2. The quantitative estimate of drug-likeness (QED) is 0.0276. The van der Waals surface area contributed by atoms with E-state index in [0.29, 0.717) is 0 Å². The average molecular weight is 1010 g/mol. The van der Waals surface area contributed by atoms with Crippen molar-refractivity contribution in [1.29, 1.82) is 0 Å². The van der Waals surface area contributed by atoms with Gasteiger partial charge in [0.2, 0.25) is 11.4 Å². The predicted octanol–water partition coefficient (Wildman–Crippen LogP) is 21.4. The first-order valence-corrected chi connectivity index (χ1v) is 28.4. The van der Waals surface area contributed by atoms with Crippen molar-refractivity contribution >= 4 is 11.4 Å². The van der Waals surface area contributed by atoms with Crippen LogP contribution in [0.1, 0.15) is 293 Å². The molecule has 0 radical (unpaired) electrons. The molecule has 0 spiro atoms. The summed E-state index contributed by atoms with van der Waals surface area (Å²) in [6.45, 7) is 18.7. The summed E-state index contributed by atoms with van der Waals surface area (Å²) in [5.74, 6) is 0. The molecule has 0 atom stereocenters. The molecule has 3 rings (SSSR count). The Balaban J connectivity index is 0.0000145. The smallest absolute Gasteiger partial charge is 0.493 e. The van der Waals surface area contributed by atoms with Gasteiger partial charge in [0.15, 0.2) is 0 Å². The van der Waals surface area contributed by atoms with Gasteiger partial charge in [-0.05, 0) is 160 Å². The van der Waals surface area contributed by atoms with Crippen LogP contribution < -0.4 is 0 Å². The summed E-state index contributed by atoms with van der Waals surface area (Å²) in [5.41, 5.74) is 30.0. The Morgan fingerprint density at radius 2 is 0.672 bits per heavy atom. The predicted molar refractivity (Wildman–Crippen MR) is 298 cm³/mol. The fourth-order valence-electron chi connectivity index (χ4n) is 10.4. The molecule has 1 aliphatic heterocycles. The van der Waals surface area contributed by atoms with Crippen molar-refractivity contribution in [3.05, 3.63) is 112 Å². The third-order valence-electron chi connectivity index (χ3n) is 14.3. The maximum absolute atomic E-state index is 13.2. The van der Waals surface area contributed by atoms with E-state index in [1.807, 2.05) is 0 Å². The van der Waals surface area contributed by atoms with E-state index in [1.54, 1.807) is 38.1 Å². The van der Waals surface area contributed by atoms with Crippen LogP contribution in [0.15, 0.2) is 47.6 Å². The van der Waals surface area contributed by atoms with Crippen molar-refractivity contribution in [2.45, 2.75) is 287 Å². The number of aryl methyl sites for hydroxylation is 4. The van der Waals surface area contributed by atoms with Crippen LogP contribution in [-0.4, -0.2) is 4.70 Å². The van der Waals surface area contributed by atoms with E-state index >= 15 is 0 Å². The topological polar surface area (TPSA) is 25.3 Å². The first kappa shape index (κ1) is 64.9. The van der Waals surface area contributed by atoms with E-state index in [1.165, 1.54) is 215 Å². The molecule has 2 aromatic rings. The summed E-state index contributed by atoms with van der Waals surface area (Å²) in [6, 6.07) is 10.3. The first-order chi connectivity index (χ1) is 31.4. The molecule has 3 heteroatoms. The van der Waals surface area contributed by atoms with Gasteiger partial charge in [-0.3, -0.25) is 0 Å². The van der Waals surface area contributed by atoms with Crippen LogP contribution in [0.5, 0.6) is 0 Å². The second kappa shape index (κ2) is 40.6. The molecule has 0 aliphatic carbocycles. The Morgan fingerprint density at radius 1 is 0.373 bits per heavy atom. The minimum absolute atomic E-state index is 0. The summed E-state index contributed by atoms with van der Waals surface area (Å²) in [4.78, 5) is 0. The number of hydrogen-bond acceptors (Lipinski definition) is 0. The third kappa shape index (κ3) is 22.7. The molecule has 0 N–H and O–H groups in total. The molecule has 2 aromatic carbocycles. The van der Waals surface area contributed by atoms with E-state index in [4.69, 9.17) is 0 Å². The van der Waals surface area contributed by atoms with Crippen LogP contribution in [-0.2, 0) is 58.9 Å². The zero-order valence-electron chi connectivity index (χ0n) is 46.1. The molecule has 0 saturated carbocycles. The summed E-state index contributed by atoms with van der Waals surface area (Å²) in [5, 5.41) is 0. The number of unbranched alkanes of at least 4 members (excludes halogenated alkanes) is 21. The molecule has 1 aliphatic rings. The molecule has 384 valence electrons. The number of hydrogen-bond donors (Lipinski definition) is 0. The van der Waals surface area contributed by atoms with E-state index in [0.717, 1.165) is 49.9 Å². The Hall–Kier alpha value is -2.08. The number of nitrogens with zero attached hydrogens (tertiary/aromatic N) is 2. The van der Waals surface area contributed by atoms with Crippen LogP contribution >= 0.6 is 0 Å². The second-order valence-corrected chi connectivity index (χ2v) is 20.0. The Morgan fingerprint density at radius 3 is 1.06 bits per heavy atom. The average Bonchev–Trinajstić information content (AvgIpc) is 3.57. The van der Waals surface area contributed by atoms with Crippen molar-refractivity contribution in [3.63, 3.8) is 0 Å². The monoisotopic (exact) mass is 1010 g/mol. The largest absolute Gasteiger partial charge is 2.00 e. The SMILES string of the molecule is CCCCCCC=CC1=C(c2cc(CCCCC)c(CCCCC)c(CCCCC)c2)[N+](=[N-])C(c2cc(CCCCC)c(CCCCC)c(CCCCC)c2)=C1CCCCCCCC.[CH3-].[CH3-].[Pd+2]. The number of benzene rings is 2. The summed E-state index contributed by atoms with van der Waals surface area (Å²) in [6.07, 6.45) is 49.4. The van der Waals surface area contributed by atoms with Gasteiger partial charge in [0.25, 0.3) is 0 Å². The molecule has 0 bridgehead atoms. The Bertz CT molecular complexity index is 1630. The molecular formula is C64H108N2Pd. The van der Waals surface area contributed by atoms with Gasteiger partial charge < -0.3 is 20.4 Å². The van der Waals surface area contributed by atoms with Crippen molar-refractivity contribution in [2.24, 2.45) is 0 Å². The van der Waals surface area contributed by atoms with Gasteiger partial charge >= 0.3 is 20.4 Å². The normalized spacial score (nSPS) is 12.6. The van der Waals surface area contributed by atoms with Gasteiger partial charge in [0.05, 0.1) is 5.57 Å². The molecule has 1 heterocycles. The van der Waals surface area contributed by atoms with Gasteiger partial charge in [0.1, 0.15) is 0 Å². The van der Waals surface area contributed by atoms with Gasteiger partial charge in [-0.2, -0.15) is 0 Å². The van der Waals surface area contributed by atoms with Gasteiger partial charge in [0, 0.05) is 16.7 Å². The van der Waals surface area contributed by atoms with Crippen LogP contribution in [0.4, 0.5) is 0 Å². The van der Waals surface area contributed by atoms with Crippen molar-refractivity contribution < 1.29 is 25.1 Å². The van der Waals surface area contributed by atoms with Crippen molar-refractivity contribution in [1.82, 2.24) is 0 Å². The molecule has 0 fully saturated rings. The summed E-state index contributed by atoms with van der Waals surface area (Å²) >= 11 is 0. The van der Waals surface area contributed by atoms with E-state index in [2.05, 4.69) is 91.8 Å². The van der Waals surface area contributed by atoms with Crippen LogP contribution in [0, 0.1) is 14.9 Å². The molecule has 67 heavy (non-hydrogen) atoms. The zero-order chi connectivity index (χ0) is 46.2. The molecular weight excluding hydrogens is 903 g/mol. The van der Waals surface area contributed by atoms with E-state index in [-0.39, 0.29) is 35.3 Å². The minimum Gasteiger partial charge on any atom is -0.493 e. The first-order valence-electron chi connectivity index (χ1n) is 28.4. The minimum atomic E-state index is 0. The molecule has 0 saturated heterocycles. The van der Waals surface area contributed by atoms with Crippen LogP contribution in [0.25, 0.3) is 16.9 Å². The van der Waals surface area contributed by atoms with E-state index in [9.17, 15) is 5.53 Å². The molecule has 0 unspecified atom stereocenters. The number of rotatable bonds is 39. The summed E-state index contributed by atoms with van der Waals surface area (Å²) in [7, 11) is 0. The maximum Gasteiger partial charge on any atom is 2.00 e. The van der Waals surface area contributed by atoms with Gasteiger partial charge in [-0.15, -0.1) is 0 Å². The Labute approximate surface area is 433 Å². The Kier molecular flexibility index (Phi) is 39.4. The van der Waals surface area contributed by atoms with Crippen LogP contribution in [0.2, 0.25) is 0 Å². The van der Waals surface area contributed by atoms with Crippen molar-refractivity contribution in [3.8, 4) is 0 Å². The zero-order valence-corrected chi connectivity index (χ0v) is 47.7. The van der Waals surface area contributed by atoms with Crippen molar-refractivity contribution in [2.75, 3.05) is 0 Å². The van der Waals surface area contributed by atoms with Gasteiger partial charge in [-0.1, -0.05) is 196 Å². The fourth-order valence-corrected chi connectivity index (χ4v) is 10.4. The van der Waals surface area contributed by atoms with E-state index < -0.39 is 0 Å². The molecule has 2 nitrogen and oxygen atoms in total. The third-order valence-corrected chi connectivity index (χ3v) is 14.3. The number of allylic oxidation sites excluding steroid dienone is 4. The fraction of sp³-hybridized carbons (Fsp3) is 0.688. The second-order valence-electron chi connectivity index (χ2n) is 20.0. The standard InChI is InChI=1S/C62H102N2.2CH3.Pd/c1-9-17-25-27-29-37-45-59-60(46-38-30-28-26-18-10-2)62(56-49-53(41-33-21-13-5)58(44-36-24-16-8)54(50-56)42-34-22-14-6)64(63)61(59)55-47-51(39-31-19-11-3)57(43-35-23-15-7)52(48-55)40-32-20-12-4;;;/h37,45,47-50H,9-36,38-44,46H2,1-8H3;2*1H3;/q;2*-1;+2. The van der Waals surface area contributed by atoms with Gasteiger partial charge in [-0.25, -0.2) is 4.70 Å². The summed E-state index contributed by atoms with van der Waals surface area (Å²) < 4.78 is 1.73.